The minimum Gasteiger partial charge on any atom is -0.467 e. The number of carbonyl (C=O) groups excluding carboxylic acids is 1. The molecular weight excluding hydrogens is 418 g/mol. The molecule has 7 nitrogen and oxygen atoms in total. The number of thioether (sulfide) groups is 1. The number of thiophene rings is 1. The van der Waals surface area contributed by atoms with Crippen molar-refractivity contribution in [3.63, 3.8) is 0 Å². The molecule has 1 aromatic carbocycles. The van der Waals surface area contributed by atoms with Gasteiger partial charge in [-0.15, -0.1) is 16.4 Å². The lowest BCUT2D eigenvalue weighted by atomic mass is 10.1. The molecule has 0 fully saturated rings. The van der Waals surface area contributed by atoms with Crippen LogP contribution in [0.15, 0.2) is 63.7 Å². The van der Waals surface area contributed by atoms with Gasteiger partial charge in [0.05, 0.1) is 30.8 Å². The number of tetrazole rings is 1. The van der Waals surface area contributed by atoms with E-state index in [1.165, 1.54) is 11.8 Å². The molecule has 0 radical (unpaired) electrons. The Kier molecular flexibility index (Phi) is 6.29. The van der Waals surface area contributed by atoms with Crippen molar-refractivity contribution in [2.45, 2.75) is 32.1 Å². The fraction of sp³-hybridized carbons (Fsp3) is 0.238. The van der Waals surface area contributed by atoms with E-state index in [-0.39, 0.29) is 11.7 Å². The van der Waals surface area contributed by atoms with Crippen LogP contribution in [0.1, 0.15) is 21.8 Å². The highest BCUT2D eigenvalue weighted by Crippen LogP contribution is 2.23. The van der Waals surface area contributed by atoms with Gasteiger partial charge in [0.15, 0.2) is 0 Å². The Bertz CT molecular complexity index is 1070. The Hall–Kier alpha value is -2.91. The molecule has 9 heteroatoms. The summed E-state index contributed by atoms with van der Waals surface area (Å²) >= 11 is 2.97. The number of amides is 1. The van der Waals surface area contributed by atoms with Crippen molar-refractivity contribution >= 4 is 29.0 Å². The third-order valence-electron chi connectivity index (χ3n) is 4.56. The van der Waals surface area contributed by atoms with Crippen LogP contribution in [0.5, 0.6) is 0 Å². The summed E-state index contributed by atoms with van der Waals surface area (Å²) < 4.78 is 7.14. The standard InChI is InChI=1S/C21H21N5O2S2/c1-15-7-8-16(2)19(11-15)26-21(22-23-24-26)30-14-20(27)25(12-17-5-3-9-28-17)13-18-6-4-10-29-18/h3-11H,12-14H2,1-2H3. The molecule has 154 valence electrons. The molecule has 0 spiro atoms. The summed E-state index contributed by atoms with van der Waals surface area (Å²) in [6, 6.07) is 13.9. The maximum Gasteiger partial charge on any atom is 0.233 e. The van der Waals surface area contributed by atoms with Gasteiger partial charge in [0.2, 0.25) is 11.1 Å². The fourth-order valence-electron chi connectivity index (χ4n) is 3.00. The predicted molar refractivity (Wildman–Crippen MR) is 117 cm³/mol. The third kappa shape index (κ3) is 4.80. The van der Waals surface area contributed by atoms with Gasteiger partial charge in [-0.2, -0.15) is 4.68 Å². The quantitative estimate of drug-likeness (QED) is 0.382. The molecule has 0 atom stereocenters. The second-order valence-corrected chi connectivity index (χ2v) is 8.84. The van der Waals surface area contributed by atoms with Gasteiger partial charge in [-0.3, -0.25) is 4.79 Å². The molecule has 0 N–H and O–H groups in total. The van der Waals surface area contributed by atoms with E-state index in [1.807, 2.05) is 55.6 Å². The van der Waals surface area contributed by atoms with Crippen LogP contribution in [0.2, 0.25) is 0 Å². The maximum atomic E-state index is 13.0. The molecule has 1 amide bonds. The number of furan rings is 1. The highest BCUT2D eigenvalue weighted by atomic mass is 32.2. The topological polar surface area (TPSA) is 77.1 Å². The second kappa shape index (κ2) is 9.27. The Balaban J connectivity index is 1.48. The number of aryl methyl sites for hydroxylation is 2. The van der Waals surface area contributed by atoms with E-state index >= 15 is 0 Å². The molecule has 0 saturated heterocycles. The second-order valence-electron chi connectivity index (χ2n) is 6.86. The first-order valence-corrected chi connectivity index (χ1v) is 11.3. The minimum absolute atomic E-state index is 0.000291. The van der Waals surface area contributed by atoms with Gasteiger partial charge in [-0.25, -0.2) is 0 Å². The lowest BCUT2D eigenvalue weighted by molar-refractivity contribution is -0.129. The molecule has 30 heavy (non-hydrogen) atoms. The molecule has 3 aromatic heterocycles. The maximum absolute atomic E-state index is 13.0. The molecule has 0 unspecified atom stereocenters. The summed E-state index contributed by atoms with van der Waals surface area (Å²) in [5.41, 5.74) is 3.11. The number of aromatic nitrogens is 4. The number of carbonyl (C=O) groups is 1. The normalized spacial score (nSPS) is 11.0. The van der Waals surface area contributed by atoms with Gasteiger partial charge >= 0.3 is 0 Å². The SMILES string of the molecule is Cc1ccc(C)c(-n2nnnc2SCC(=O)N(Cc2ccco2)Cc2cccs2)c1. The summed E-state index contributed by atoms with van der Waals surface area (Å²) in [6.45, 7) is 5.01. The lowest BCUT2D eigenvalue weighted by Crippen LogP contribution is -2.31. The molecule has 0 bridgehead atoms. The van der Waals surface area contributed by atoms with E-state index in [4.69, 9.17) is 4.42 Å². The minimum atomic E-state index is 0.000291. The number of hydrogen-bond donors (Lipinski definition) is 0. The van der Waals surface area contributed by atoms with Crippen LogP contribution < -0.4 is 0 Å². The molecule has 3 heterocycles. The molecule has 4 rings (SSSR count). The average Bonchev–Trinajstić information content (AvgIpc) is 3.50. The van der Waals surface area contributed by atoms with Crippen LogP contribution in [-0.2, 0) is 17.9 Å². The predicted octanol–water partition coefficient (Wildman–Crippen LogP) is 4.25. The van der Waals surface area contributed by atoms with Crippen molar-refractivity contribution < 1.29 is 9.21 Å². The van der Waals surface area contributed by atoms with Crippen LogP contribution in [0.4, 0.5) is 0 Å². The summed E-state index contributed by atoms with van der Waals surface area (Å²) in [6.07, 6.45) is 1.62. The third-order valence-corrected chi connectivity index (χ3v) is 6.33. The first-order chi connectivity index (χ1) is 14.6. The first kappa shape index (κ1) is 20.4. The van der Waals surface area contributed by atoms with E-state index in [2.05, 4.69) is 21.6 Å². The fourth-order valence-corrected chi connectivity index (χ4v) is 4.50. The largest absolute Gasteiger partial charge is 0.467 e. The smallest absolute Gasteiger partial charge is 0.233 e. The monoisotopic (exact) mass is 439 g/mol. The van der Waals surface area contributed by atoms with Crippen LogP contribution >= 0.6 is 23.1 Å². The van der Waals surface area contributed by atoms with E-state index in [0.717, 1.165) is 27.5 Å². The zero-order valence-electron chi connectivity index (χ0n) is 16.7. The summed E-state index contributed by atoms with van der Waals surface area (Å²) in [5.74, 6) is 0.988. The summed E-state index contributed by atoms with van der Waals surface area (Å²) in [7, 11) is 0. The van der Waals surface area contributed by atoms with Crippen molar-refractivity contribution in [3.05, 3.63) is 75.9 Å². The molecule has 0 saturated carbocycles. The van der Waals surface area contributed by atoms with E-state index in [9.17, 15) is 4.79 Å². The zero-order valence-corrected chi connectivity index (χ0v) is 18.3. The lowest BCUT2D eigenvalue weighted by Gasteiger charge is -2.21. The molecular formula is C21H21N5O2S2. The van der Waals surface area contributed by atoms with Gasteiger partial charge in [-0.05, 0) is 65.0 Å². The van der Waals surface area contributed by atoms with Crippen molar-refractivity contribution in [2.24, 2.45) is 0 Å². The average molecular weight is 440 g/mol. The number of benzene rings is 1. The van der Waals surface area contributed by atoms with Crippen molar-refractivity contribution in [2.75, 3.05) is 5.75 Å². The van der Waals surface area contributed by atoms with Crippen molar-refractivity contribution in [3.8, 4) is 5.69 Å². The van der Waals surface area contributed by atoms with Crippen LogP contribution in [0.3, 0.4) is 0 Å². The van der Waals surface area contributed by atoms with Crippen LogP contribution in [0, 0.1) is 13.8 Å². The van der Waals surface area contributed by atoms with E-state index in [1.54, 1.807) is 27.2 Å². The Morgan fingerprint density at radius 3 is 2.87 bits per heavy atom. The van der Waals surface area contributed by atoms with Gasteiger partial charge < -0.3 is 9.32 Å². The van der Waals surface area contributed by atoms with Crippen LogP contribution in [-0.4, -0.2) is 36.8 Å². The van der Waals surface area contributed by atoms with Crippen LogP contribution in [0.25, 0.3) is 5.69 Å². The highest BCUT2D eigenvalue weighted by Gasteiger charge is 2.19. The van der Waals surface area contributed by atoms with Crippen molar-refractivity contribution in [1.82, 2.24) is 25.1 Å². The van der Waals surface area contributed by atoms with Gasteiger partial charge in [0.25, 0.3) is 0 Å². The molecule has 4 aromatic rings. The Morgan fingerprint density at radius 1 is 1.20 bits per heavy atom. The summed E-state index contributed by atoms with van der Waals surface area (Å²) in [4.78, 5) is 16.0. The number of hydrogen-bond acceptors (Lipinski definition) is 7. The zero-order chi connectivity index (χ0) is 20.9. The Morgan fingerprint density at radius 2 is 2.10 bits per heavy atom. The van der Waals surface area contributed by atoms with Gasteiger partial charge in [-0.1, -0.05) is 30.0 Å². The van der Waals surface area contributed by atoms with E-state index in [0.29, 0.717) is 18.2 Å². The summed E-state index contributed by atoms with van der Waals surface area (Å²) in [5, 5.41) is 14.7. The molecule has 0 aliphatic carbocycles. The Labute approximate surface area is 182 Å². The van der Waals surface area contributed by atoms with Gasteiger partial charge in [0.1, 0.15) is 5.76 Å². The number of rotatable bonds is 8. The number of nitrogens with zero attached hydrogens (tertiary/aromatic N) is 5. The van der Waals surface area contributed by atoms with E-state index < -0.39 is 0 Å². The highest BCUT2D eigenvalue weighted by molar-refractivity contribution is 7.99. The molecule has 0 aliphatic rings. The first-order valence-electron chi connectivity index (χ1n) is 9.41. The van der Waals surface area contributed by atoms with Gasteiger partial charge in [0, 0.05) is 4.88 Å². The molecule has 0 aliphatic heterocycles. The van der Waals surface area contributed by atoms with Crippen molar-refractivity contribution in [1.29, 1.82) is 0 Å².